The molecule has 0 radical (unpaired) electrons. The van der Waals surface area contributed by atoms with Gasteiger partial charge in [0.25, 0.3) is 5.56 Å². The number of fused-ring (bicyclic) bond motifs is 1. The van der Waals surface area contributed by atoms with E-state index < -0.39 is 7.60 Å². The number of nitrogen functional groups attached to an aromatic ring is 1. The highest BCUT2D eigenvalue weighted by Crippen LogP contribution is 2.51. The third-order valence-corrected chi connectivity index (χ3v) is 7.22. The summed E-state index contributed by atoms with van der Waals surface area (Å²) in [6.45, 7) is 4.15. The highest BCUT2D eigenvalue weighted by molar-refractivity contribution is 8.05. The summed E-state index contributed by atoms with van der Waals surface area (Å²) >= 11 is 1.23. The Labute approximate surface area is 155 Å². The zero-order valence-corrected chi connectivity index (χ0v) is 16.3. The number of thioether (sulfide) groups is 1. The van der Waals surface area contributed by atoms with Gasteiger partial charge in [-0.15, -0.1) is 11.8 Å². The van der Waals surface area contributed by atoms with E-state index in [-0.39, 0.29) is 66.9 Å². The van der Waals surface area contributed by atoms with Crippen molar-refractivity contribution in [2.24, 2.45) is 0 Å². The molecule has 148 valence electrons. The van der Waals surface area contributed by atoms with Crippen molar-refractivity contribution >= 4 is 36.8 Å². The topological polar surface area (TPSA) is 152 Å². The Morgan fingerprint density at radius 2 is 2.12 bits per heavy atom. The highest BCUT2D eigenvalue weighted by atomic mass is 32.2. The van der Waals surface area contributed by atoms with Gasteiger partial charge in [-0.2, -0.15) is 4.98 Å². The monoisotopic (exact) mass is 409 g/mol. The van der Waals surface area contributed by atoms with E-state index in [4.69, 9.17) is 19.6 Å². The largest absolute Gasteiger partial charge is 0.395 e. The second kappa shape index (κ2) is 9.58. The molecule has 5 N–H and O–H groups in total. The van der Waals surface area contributed by atoms with E-state index in [0.29, 0.717) is 0 Å². The number of nitrogens with two attached hydrogens (primary N) is 1. The van der Waals surface area contributed by atoms with Crippen LogP contribution in [0.5, 0.6) is 0 Å². The Kier molecular flexibility index (Phi) is 7.74. The van der Waals surface area contributed by atoms with Crippen molar-refractivity contribution in [3.63, 3.8) is 0 Å². The normalized spacial score (nSPS) is 15.0. The number of H-pyrrole nitrogens is 1. The van der Waals surface area contributed by atoms with Crippen LogP contribution in [0.3, 0.4) is 0 Å². The standard InChI is InChI=1S/C13H24N5O6PS/c1-3-23-25(21,24-4-2)8-26-9(5-19)6-22-18-7-15-10-11(18)16-13(14)17-12(10)20/h9,15,19H,3-8H2,1-2H3,(H3,14,16,17,20). The molecule has 1 atom stereocenters. The number of nitrogens with one attached hydrogen (secondary N) is 2. The van der Waals surface area contributed by atoms with E-state index >= 15 is 0 Å². The Morgan fingerprint density at radius 3 is 2.73 bits per heavy atom. The van der Waals surface area contributed by atoms with E-state index in [9.17, 15) is 14.5 Å². The van der Waals surface area contributed by atoms with Crippen LogP contribution in [0, 0.1) is 0 Å². The Bertz CT molecular complexity index is 694. The summed E-state index contributed by atoms with van der Waals surface area (Å²) < 4.78 is 22.9. The van der Waals surface area contributed by atoms with E-state index in [2.05, 4.69) is 15.3 Å². The zero-order valence-electron chi connectivity index (χ0n) is 14.6. The number of aliphatic hydroxyl groups is 1. The van der Waals surface area contributed by atoms with Crippen molar-refractivity contribution in [3.8, 4) is 0 Å². The van der Waals surface area contributed by atoms with Crippen LogP contribution in [-0.4, -0.2) is 58.9 Å². The van der Waals surface area contributed by atoms with Crippen molar-refractivity contribution in [1.29, 1.82) is 0 Å². The maximum absolute atomic E-state index is 12.5. The van der Waals surface area contributed by atoms with Crippen LogP contribution in [-0.2, 0) is 18.5 Å². The zero-order chi connectivity index (χ0) is 19.2. The van der Waals surface area contributed by atoms with Gasteiger partial charge in [0.15, 0.2) is 5.82 Å². The lowest BCUT2D eigenvalue weighted by Crippen LogP contribution is -2.29. The predicted octanol–water partition coefficient (Wildman–Crippen LogP) is 0.791. The molecule has 1 aromatic rings. The molecule has 13 heteroatoms. The SMILES string of the molecule is CCOP(=O)(CSC(CO)CON1CNc2c1nc(N)[nH]c2=O)OCC. The van der Waals surface area contributed by atoms with Crippen LogP contribution >= 0.6 is 19.4 Å². The third kappa shape index (κ3) is 5.35. The van der Waals surface area contributed by atoms with Gasteiger partial charge in [-0.25, -0.2) is 5.06 Å². The number of hydrogen-bond acceptors (Lipinski definition) is 11. The molecule has 0 spiro atoms. The van der Waals surface area contributed by atoms with Crippen LogP contribution in [0.25, 0.3) is 0 Å². The molecule has 0 saturated heterocycles. The van der Waals surface area contributed by atoms with Gasteiger partial charge < -0.3 is 25.2 Å². The summed E-state index contributed by atoms with van der Waals surface area (Å²) in [6, 6.07) is 0. The molecule has 0 amide bonds. The number of anilines is 3. The molecule has 0 saturated carbocycles. The van der Waals surface area contributed by atoms with E-state index in [1.54, 1.807) is 13.8 Å². The number of hydrogen-bond donors (Lipinski definition) is 4. The second-order valence-electron chi connectivity index (χ2n) is 5.21. The fourth-order valence-electron chi connectivity index (χ4n) is 2.18. The smallest absolute Gasteiger partial charge is 0.340 e. The Balaban J connectivity index is 1.92. The number of rotatable bonds is 11. The summed E-state index contributed by atoms with van der Waals surface area (Å²) in [5.41, 5.74) is 5.53. The van der Waals surface area contributed by atoms with Gasteiger partial charge in [0.1, 0.15) is 12.4 Å². The molecule has 2 rings (SSSR count). The fraction of sp³-hybridized carbons (Fsp3) is 0.692. The summed E-state index contributed by atoms with van der Waals surface area (Å²) in [5.74, 6) is 0.260. The van der Waals surface area contributed by atoms with Crippen LogP contribution in [0.2, 0.25) is 0 Å². The van der Waals surface area contributed by atoms with Gasteiger partial charge in [0.05, 0.1) is 37.2 Å². The lowest BCUT2D eigenvalue weighted by atomic mass is 10.5. The first kappa shape index (κ1) is 21.0. The third-order valence-electron chi connectivity index (χ3n) is 3.29. The summed E-state index contributed by atoms with van der Waals surface area (Å²) in [6.07, 6.45) is 0. The van der Waals surface area contributed by atoms with E-state index in [1.165, 1.54) is 16.8 Å². The first-order valence-corrected chi connectivity index (χ1v) is 10.8. The summed E-state index contributed by atoms with van der Waals surface area (Å²) in [7, 11) is -3.21. The molecule has 2 heterocycles. The molecular formula is C13H24N5O6PS. The quantitative estimate of drug-likeness (QED) is 0.384. The van der Waals surface area contributed by atoms with Crippen molar-refractivity contribution in [2.75, 3.05) is 54.7 Å². The minimum atomic E-state index is -3.21. The number of hydroxylamine groups is 1. The fourth-order valence-corrected chi connectivity index (χ4v) is 5.47. The van der Waals surface area contributed by atoms with Gasteiger partial charge in [-0.3, -0.25) is 19.2 Å². The average molecular weight is 409 g/mol. The molecule has 1 aliphatic rings. The second-order valence-corrected chi connectivity index (χ2v) is 8.98. The first-order valence-electron chi connectivity index (χ1n) is 8.07. The van der Waals surface area contributed by atoms with Crippen LogP contribution in [0.4, 0.5) is 17.5 Å². The maximum Gasteiger partial charge on any atom is 0.340 e. The number of aliphatic hydroxyl groups excluding tert-OH is 1. The van der Waals surface area contributed by atoms with Crippen molar-refractivity contribution in [1.82, 2.24) is 9.97 Å². The Hall–Kier alpha value is -1.30. The van der Waals surface area contributed by atoms with Crippen molar-refractivity contribution < 1.29 is 23.6 Å². The molecule has 1 aliphatic heterocycles. The molecule has 0 fully saturated rings. The van der Waals surface area contributed by atoms with Crippen LogP contribution < -0.4 is 21.7 Å². The van der Waals surface area contributed by atoms with Crippen LogP contribution in [0.15, 0.2) is 4.79 Å². The first-order chi connectivity index (χ1) is 12.4. The van der Waals surface area contributed by atoms with Gasteiger partial charge in [-0.05, 0) is 13.8 Å². The average Bonchev–Trinajstić information content (AvgIpc) is 2.99. The van der Waals surface area contributed by atoms with Gasteiger partial charge in [0, 0.05) is 0 Å². The number of aromatic amines is 1. The predicted molar refractivity (Wildman–Crippen MR) is 100 cm³/mol. The minimum absolute atomic E-state index is 0.0199. The molecule has 26 heavy (non-hydrogen) atoms. The minimum Gasteiger partial charge on any atom is -0.395 e. The van der Waals surface area contributed by atoms with Crippen molar-refractivity contribution in [2.45, 2.75) is 19.1 Å². The van der Waals surface area contributed by atoms with E-state index in [0.717, 1.165) is 0 Å². The lowest BCUT2D eigenvalue weighted by Gasteiger charge is -2.22. The van der Waals surface area contributed by atoms with Crippen LogP contribution in [0.1, 0.15) is 13.8 Å². The Morgan fingerprint density at radius 1 is 1.42 bits per heavy atom. The molecule has 0 aromatic carbocycles. The molecular weight excluding hydrogens is 385 g/mol. The number of nitrogens with zero attached hydrogens (tertiary/aromatic N) is 2. The maximum atomic E-state index is 12.5. The molecule has 11 nitrogen and oxygen atoms in total. The highest BCUT2D eigenvalue weighted by Gasteiger charge is 2.28. The molecule has 1 unspecified atom stereocenters. The number of aromatic nitrogens is 2. The van der Waals surface area contributed by atoms with Gasteiger partial charge in [0.2, 0.25) is 5.95 Å². The molecule has 1 aromatic heterocycles. The lowest BCUT2D eigenvalue weighted by molar-refractivity contribution is 0.102. The summed E-state index contributed by atoms with van der Waals surface area (Å²) in [5, 5.41) is 13.4. The molecule has 0 aliphatic carbocycles. The van der Waals surface area contributed by atoms with Crippen molar-refractivity contribution in [3.05, 3.63) is 10.4 Å². The van der Waals surface area contributed by atoms with Gasteiger partial charge >= 0.3 is 7.60 Å². The summed E-state index contributed by atoms with van der Waals surface area (Å²) in [4.78, 5) is 23.8. The van der Waals surface area contributed by atoms with E-state index in [1.807, 2.05) is 0 Å². The molecule has 0 bridgehead atoms. The van der Waals surface area contributed by atoms with Gasteiger partial charge in [-0.1, -0.05) is 0 Å².